The first-order valence-corrected chi connectivity index (χ1v) is 4.73. The first-order valence-electron chi connectivity index (χ1n) is 4.73. The maximum absolute atomic E-state index is 10.6. The molecule has 0 saturated heterocycles. The normalized spacial score (nSPS) is 9.00. The number of benzene rings is 1. The van der Waals surface area contributed by atoms with Crippen molar-refractivity contribution in [2.45, 2.75) is 26.7 Å². The minimum Gasteiger partial charge on any atom is -0.300 e. The third-order valence-corrected chi connectivity index (χ3v) is 1.89. The summed E-state index contributed by atoms with van der Waals surface area (Å²) in [7, 11) is 0. The SMILES string of the molecule is CC(=O)CCC#Cc1ccc(C)cc1. The van der Waals surface area contributed by atoms with Crippen molar-refractivity contribution < 1.29 is 4.79 Å². The Hall–Kier alpha value is -1.55. The standard InChI is InChI=1S/C13H14O/c1-11-7-9-13(10-8-11)6-4-3-5-12(2)14/h7-10H,3,5H2,1-2H3. The number of hydrogen-bond donors (Lipinski definition) is 0. The summed E-state index contributed by atoms with van der Waals surface area (Å²) in [6.45, 7) is 3.64. The molecule has 0 unspecified atom stereocenters. The Morgan fingerprint density at radius 1 is 1.29 bits per heavy atom. The lowest BCUT2D eigenvalue weighted by atomic mass is 10.1. The molecule has 0 aliphatic heterocycles. The van der Waals surface area contributed by atoms with Crippen LogP contribution in [-0.2, 0) is 4.79 Å². The molecule has 1 aromatic carbocycles. The highest BCUT2D eigenvalue weighted by Gasteiger charge is 1.89. The molecular weight excluding hydrogens is 172 g/mol. The van der Waals surface area contributed by atoms with Gasteiger partial charge >= 0.3 is 0 Å². The van der Waals surface area contributed by atoms with Gasteiger partial charge in [-0.2, -0.15) is 0 Å². The number of hydrogen-bond acceptors (Lipinski definition) is 1. The van der Waals surface area contributed by atoms with Gasteiger partial charge in [0.15, 0.2) is 0 Å². The van der Waals surface area contributed by atoms with E-state index in [1.54, 1.807) is 6.92 Å². The van der Waals surface area contributed by atoms with Gasteiger partial charge < -0.3 is 0 Å². The summed E-state index contributed by atoms with van der Waals surface area (Å²) >= 11 is 0. The van der Waals surface area contributed by atoms with Crippen molar-refractivity contribution in [3.05, 3.63) is 35.4 Å². The summed E-state index contributed by atoms with van der Waals surface area (Å²) < 4.78 is 0. The monoisotopic (exact) mass is 186 g/mol. The molecule has 1 rings (SSSR count). The highest BCUT2D eigenvalue weighted by atomic mass is 16.1. The largest absolute Gasteiger partial charge is 0.300 e. The zero-order valence-corrected chi connectivity index (χ0v) is 8.63. The molecule has 0 fully saturated rings. The van der Waals surface area contributed by atoms with Gasteiger partial charge in [0.1, 0.15) is 5.78 Å². The van der Waals surface area contributed by atoms with Crippen LogP contribution in [0, 0.1) is 18.8 Å². The van der Waals surface area contributed by atoms with Crippen LogP contribution in [-0.4, -0.2) is 5.78 Å². The molecule has 0 aromatic heterocycles. The van der Waals surface area contributed by atoms with Gasteiger partial charge in [0, 0.05) is 18.4 Å². The Bertz CT molecular complexity index is 362. The van der Waals surface area contributed by atoms with Crippen molar-refractivity contribution in [1.29, 1.82) is 0 Å². The minimum absolute atomic E-state index is 0.197. The van der Waals surface area contributed by atoms with Gasteiger partial charge in [-0.15, -0.1) is 0 Å². The van der Waals surface area contributed by atoms with Crippen molar-refractivity contribution in [3.63, 3.8) is 0 Å². The van der Waals surface area contributed by atoms with Crippen LogP contribution in [0.2, 0.25) is 0 Å². The van der Waals surface area contributed by atoms with E-state index in [9.17, 15) is 4.79 Å². The molecule has 1 heteroatoms. The zero-order valence-electron chi connectivity index (χ0n) is 8.63. The van der Waals surface area contributed by atoms with Gasteiger partial charge in [0.05, 0.1) is 0 Å². The third-order valence-electron chi connectivity index (χ3n) is 1.89. The van der Waals surface area contributed by atoms with Crippen molar-refractivity contribution in [2.75, 3.05) is 0 Å². The Balaban J connectivity index is 2.51. The maximum Gasteiger partial charge on any atom is 0.130 e. The van der Waals surface area contributed by atoms with Crippen LogP contribution in [0.15, 0.2) is 24.3 Å². The fraction of sp³-hybridized carbons (Fsp3) is 0.308. The molecule has 0 N–H and O–H groups in total. The molecule has 0 bridgehead atoms. The van der Waals surface area contributed by atoms with Gasteiger partial charge in [0.2, 0.25) is 0 Å². The summed E-state index contributed by atoms with van der Waals surface area (Å²) in [4.78, 5) is 10.6. The molecule has 0 heterocycles. The van der Waals surface area contributed by atoms with Crippen LogP contribution in [0.4, 0.5) is 0 Å². The first-order chi connectivity index (χ1) is 6.68. The van der Waals surface area contributed by atoms with E-state index in [1.807, 2.05) is 31.2 Å². The molecule has 0 amide bonds. The quantitative estimate of drug-likeness (QED) is 0.649. The number of ketones is 1. The van der Waals surface area contributed by atoms with Crippen molar-refractivity contribution in [2.24, 2.45) is 0 Å². The zero-order chi connectivity index (χ0) is 10.4. The topological polar surface area (TPSA) is 17.1 Å². The lowest BCUT2D eigenvalue weighted by Crippen LogP contribution is -1.86. The summed E-state index contributed by atoms with van der Waals surface area (Å²) in [5.41, 5.74) is 2.25. The molecule has 0 atom stereocenters. The van der Waals surface area contributed by atoms with Crippen LogP contribution in [0.25, 0.3) is 0 Å². The molecule has 0 aliphatic carbocycles. The molecular formula is C13H14O. The number of carbonyl (C=O) groups excluding carboxylic acids is 1. The summed E-state index contributed by atoms with van der Waals surface area (Å²) in [6, 6.07) is 8.07. The van der Waals surface area contributed by atoms with E-state index in [4.69, 9.17) is 0 Å². The van der Waals surface area contributed by atoms with Gasteiger partial charge in [-0.05, 0) is 26.0 Å². The van der Waals surface area contributed by atoms with Crippen molar-refractivity contribution in [3.8, 4) is 11.8 Å². The Morgan fingerprint density at radius 3 is 2.50 bits per heavy atom. The van der Waals surface area contributed by atoms with E-state index in [-0.39, 0.29) is 5.78 Å². The van der Waals surface area contributed by atoms with Gasteiger partial charge in [-0.1, -0.05) is 29.5 Å². The van der Waals surface area contributed by atoms with E-state index in [0.29, 0.717) is 12.8 Å². The van der Waals surface area contributed by atoms with Crippen LogP contribution in [0.3, 0.4) is 0 Å². The minimum atomic E-state index is 0.197. The average molecular weight is 186 g/mol. The van der Waals surface area contributed by atoms with E-state index >= 15 is 0 Å². The van der Waals surface area contributed by atoms with Crippen LogP contribution in [0.1, 0.15) is 30.9 Å². The van der Waals surface area contributed by atoms with Crippen LogP contribution in [0.5, 0.6) is 0 Å². The Morgan fingerprint density at radius 2 is 1.93 bits per heavy atom. The fourth-order valence-electron chi connectivity index (χ4n) is 1.04. The van der Waals surface area contributed by atoms with E-state index in [0.717, 1.165) is 5.56 Å². The Kier molecular flexibility index (Phi) is 3.94. The summed E-state index contributed by atoms with van der Waals surface area (Å²) in [6.07, 6.45) is 1.21. The highest BCUT2D eigenvalue weighted by molar-refractivity contribution is 5.75. The number of Topliss-reactive ketones (excluding diaryl/α,β-unsaturated/α-hetero) is 1. The number of rotatable bonds is 2. The van der Waals surface area contributed by atoms with Gasteiger partial charge in [-0.3, -0.25) is 4.79 Å². The number of carbonyl (C=O) groups is 1. The third kappa shape index (κ3) is 3.91. The predicted molar refractivity (Wildman–Crippen MR) is 58.0 cm³/mol. The van der Waals surface area contributed by atoms with Gasteiger partial charge in [-0.25, -0.2) is 0 Å². The molecule has 0 radical (unpaired) electrons. The van der Waals surface area contributed by atoms with Crippen LogP contribution < -0.4 is 0 Å². The lowest BCUT2D eigenvalue weighted by molar-refractivity contribution is -0.116. The fourth-order valence-corrected chi connectivity index (χ4v) is 1.04. The van der Waals surface area contributed by atoms with E-state index in [2.05, 4.69) is 11.8 Å². The molecule has 0 aliphatic rings. The van der Waals surface area contributed by atoms with Crippen LogP contribution >= 0.6 is 0 Å². The summed E-state index contributed by atoms with van der Waals surface area (Å²) in [5, 5.41) is 0. The predicted octanol–water partition coefficient (Wildman–Crippen LogP) is 2.72. The molecule has 0 spiro atoms. The second-order valence-corrected chi connectivity index (χ2v) is 3.37. The maximum atomic E-state index is 10.6. The molecule has 72 valence electrons. The lowest BCUT2D eigenvalue weighted by Gasteiger charge is -1.91. The molecule has 0 saturated carbocycles. The molecule has 1 aromatic rings. The smallest absolute Gasteiger partial charge is 0.130 e. The molecule has 1 nitrogen and oxygen atoms in total. The Labute approximate surface area is 85.1 Å². The van der Waals surface area contributed by atoms with Crippen molar-refractivity contribution >= 4 is 5.78 Å². The number of aryl methyl sites for hydroxylation is 1. The second-order valence-electron chi connectivity index (χ2n) is 3.37. The first kappa shape index (κ1) is 10.5. The summed E-state index contributed by atoms with van der Waals surface area (Å²) in [5.74, 6) is 6.20. The van der Waals surface area contributed by atoms with Gasteiger partial charge in [0.25, 0.3) is 0 Å². The molecule has 14 heavy (non-hydrogen) atoms. The van der Waals surface area contributed by atoms with Crippen molar-refractivity contribution in [1.82, 2.24) is 0 Å². The second kappa shape index (κ2) is 5.24. The van der Waals surface area contributed by atoms with E-state index < -0.39 is 0 Å². The highest BCUT2D eigenvalue weighted by Crippen LogP contribution is 2.01. The average Bonchev–Trinajstić information content (AvgIpc) is 2.15. The van der Waals surface area contributed by atoms with E-state index in [1.165, 1.54) is 5.56 Å².